The summed E-state index contributed by atoms with van der Waals surface area (Å²) in [5, 5.41) is 6.21. The molecule has 1 saturated carbocycles. The van der Waals surface area contributed by atoms with E-state index in [2.05, 4.69) is 24.5 Å². The highest BCUT2D eigenvalue weighted by atomic mass is 16.2. The first-order valence-electron chi connectivity index (χ1n) is 6.99. The zero-order chi connectivity index (χ0) is 13.8. The molecule has 0 radical (unpaired) electrons. The van der Waals surface area contributed by atoms with Crippen LogP contribution in [-0.4, -0.2) is 12.1 Å². The molecule has 1 aliphatic rings. The van der Waals surface area contributed by atoms with Crippen LogP contribution in [-0.2, 0) is 0 Å². The summed E-state index contributed by atoms with van der Waals surface area (Å²) in [5.41, 5.74) is 6.90. The van der Waals surface area contributed by atoms with Crippen molar-refractivity contribution in [2.45, 2.75) is 39.2 Å². The van der Waals surface area contributed by atoms with Gasteiger partial charge in [-0.3, -0.25) is 0 Å². The van der Waals surface area contributed by atoms with Gasteiger partial charge in [0.25, 0.3) is 0 Å². The number of hydrogen-bond donors (Lipinski definition) is 3. The van der Waals surface area contributed by atoms with Crippen molar-refractivity contribution < 1.29 is 4.79 Å². The van der Waals surface area contributed by atoms with Crippen LogP contribution >= 0.6 is 0 Å². The van der Waals surface area contributed by atoms with Crippen molar-refractivity contribution in [2.75, 3.05) is 10.6 Å². The van der Waals surface area contributed by atoms with Crippen LogP contribution in [0.3, 0.4) is 0 Å². The molecule has 0 heterocycles. The van der Waals surface area contributed by atoms with Crippen LogP contribution in [0.15, 0.2) is 24.3 Å². The second-order valence-electron chi connectivity index (χ2n) is 5.63. The molecule has 104 valence electrons. The number of primary amides is 1. The normalized spacial score (nSPS) is 26.7. The molecule has 1 aromatic carbocycles. The van der Waals surface area contributed by atoms with E-state index in [0.717, 1.165) is 11.4 Å². The van der Waals surface area contributed by atoms with Crippen molar-refractivity contribution in [2.24, 2.45) is 17.6 Å². The van der Waals surface area contributed by atoms with E-state index in [0.29, 0.717) is 17.9 Å². The van der Waals surface area contributed by atoms with Gasteiger partial charge < -0.3 is 16.4 Å². The summed E-state index contributed by atoms with van der Waals surface area (Å²) in [6, 6.07) is 7.68. The van der Waals surface area contributed by atoms with Crippen molar-refractivity contribution in [3.05, 3.63) is 24.3 Å². The van der Waals surface area contributed by atoms with E-state index in [4.69, 9.17) is 5.73 Å². The van der Waals surface area contributed by atoms with Gasteiger partial charge in [-0.25, -0.2) is 4.79 Å². The maximum atomic E-state index is 10.9. The molecule has 4 heteroatoms. The summed E-state index contributed by atoms with van der Waals surface area (Å²) in [6.45, 7) is 4.61. The Labute approximate surface area is 114 Å². The Hall–Kier alpha value is -1.71. The van der Waals surface area contributed by atoms with Crippen molar-refractivity contribution in [1.82, 2.24) is 0 Å². The van der Waals surface area contributed by atoms with E-state index < -0.39 is 6.03 Å². The average Bonchev–Trinajstić information content (AvgIpc) is 2.34. The zero-order valence-electron chi connectivity index (χ0n) is 11.6. The van der Waals surface area contributed by atoms with Crippen LogP contribution in [0.2, 0.25) is 0 Å². The Morgan fingerprint density at radius 1 is 1.21 bits per heavy atom. The van der Waals surface area contributed by atoms with Gasteiger partial charge in [0.1, 0.15) is 0 Å². The van der Waals surface area contributed by atoms with E-state index >= 15 is 0 Å². The first-order chi connectivity index (χ1) is 9.06. The van der Waals surface area contributed by atoms with Crippen molar-refractivity contribution in [3.8, 4) is 0 Å². The summed E-state index contributed by atoms with van der Waals surface area (Å²) in [5.74, 6) is 1.35. The molecule has 2 rings (SSSR count). The van der Waals surface area contributed by atoms with Crippen LogP contribution in [0.5, 0.6) is 0 Å². The number of urea groups is 1. The minimum absolute atomic E-state index is 0.498. The fourth-order valence-corrected chi connectivity index (χ4v) is 2.99. The Kier molecular flexibility index (Phi) is 4.30. The van der Waals surface area contributed by atoms with Gasteiger partial charge in [-0.2, -0.15) is 0 Å². The zero-order valence-corrected chi connectivity index (χ0v) is 11.6. The summed E-state index contributed by atoms with van der Waals surface area (Å²) in [7, 11) is 0. The highest BCUT2D eigenvalue weighted by Crippen LogP contribution is 2.31. The van der Waals surface area contributed by atoms with Crippen LogP contribution in [0.25, 0.3) is 0 Å². The summed E-state index contributed by atoms with van der Waals surface area (Å²) in [6.07, 6.45) is 3.88. The lowest BCUT2D eigenvalue weighted by molar-refractivity contribution is 0.259. The molecular formula is C15H23N3O. The van der Waals surface area contributed by atoms with E-state index in [1.165, 1.54) is 19.3 Å². The number of anilines is 2. The number of amides is 2. The van der Waals surface area contributed by atoms with Gasteiger partial charge in [-0.15, -0.1) is 0 Å². The van der Waals surface area contributed by atoms with Gasteiger partial charge in [0.15, 0.2) is 0 Å². The highest BCUT2D eigenvalue weighted by molar-refractivity contribution is 5.88. The molecular weight excluding hydrogens is 238 g/mol. The van der Waals surface area contributed by atoms with E-state index in [1.54, 1.807) is 0 Å². The third-order valence-electron chi connectivity index (χ3n) is 4.01. The molecule has 1 aliphatic carbocycles. The number of carbonyl (C=O) groups excluding carboxylic acids is 1. The molecule has 2 unspecified atom stereocenters. The van der Waals surface area contributed by atoms with Crippen LogP contribution in [0.1, 0.15) is 33.1 Å². The van der Waals surface area contributed by atoms with Gasteiger partial charge in [0.2, 0.25) is 0 Å². The van der Waals surface area contributed by atoms with Crippen LogP contribution in [0.4, 0.5) is 16.2 Å². The van der Waals surface area contributed by atoms with Crippen molar-refractivity contribution in [3.63, 3.8) is 0 Å². The smallest absolute Gasteiger partial charge is 0.316 e. The number of nitrogens with one attached hydrogen (secondary N) is 2. The predicted molar refractivity (Wildman–Crippen MR) is 79.2 cm³/mol. The second kappa shape index (κ2) is 5.95. The minimum atomic E-state index is -0.531. The van der Waals surface area contributed by atoms with Crippen LogP contribution in [0, 0.1) is 11.8 Å². The molecule has 0 bridgehead atoms. The third kappa shape index (κ3) is 3.63. The molecule has 0 aliphatic heterocycles. The SMILES string of the molecule is CC1CCCC(C)C1Nc1cccc(NC(N)=O)c1. The van der Waals surface area contributed by atoms with Crippen molar-refractivity contribution in [1.29, 1.82) is 0 Å². The van der Waals surface area contributed by atoms with Gasteiger partial charge >= 0.3 is 6.03 Å². The topological polar surface area (TPSA) is 67.2 Å². The molecule has 2 atom stereocenters. The van der Waals surface area contributed by atoms with E-state index in [9.17, 15) is 4.79 Å². The third-order valence-corrected chi connectivity index (χ3v) is 4.01. The Balaban J connectivity index is 2.07. The summed E-state index contributed by atoms with van der Waals surface area (Å²) in [4.78, 5) is 10.9. The Morgan fingerprint density at radius 3 is 2.47 bits per heavy atom. The molecule has 2 amide bonds. The largest absolute Gasteiger partial charge is 0.382 e. The fourth-order valence-electron chi connectivity index (χ4n) is 2.99. The molecule has 4 nitrogen and oxygen atoms in total. The Bertz CT molecular complexity index is 437. The van der Waals surface area contributed by atoms with Gasteiger partial charge in [0.05, 0.1) is 0 Å². The molecule has 1 fully saturated rings. The Morgan fingerprint density at radius 2 is 1.84 bits per heavy atom. The van der Waals surface area contributed by atoms with Crippen molar-refractivity contribution >= 4 is 17.4 Å². The van der Waals surface area contributed by atoms with E-state index in [-0.39, 0.29) is 0 Å². The molecule has 0 aromatic heterocycles. The standard InChI is InChI=1S/C15H23N3O/c1-10-5-3-6-11(2)14(10)17-12-7-4-8-13(9-12)18-15(16)19/h4,7-11,14,17H,3,5-6H2,1-2H3,(H3,16,18,19). The lowest BCUT2D eigenvalue weighted by Gasteiger charge is -2.36. The lowest BCUT2D eigenvalue weighted by Crippen LogP contribution is -2.37. The maximum absolute atomic E-state index is 10.9. The average molecular weight is 261 g/mol. The quantitative estimate of drug-likeness (QED) is 0.780. The second-order valence-corrected chi connectivity index (χ2v) is 5.63. The van der Waals surface area contributed by atoms with E-state index in [1.807, 2.05) is 24.3 Å². The first kappa shape index (κ1) is 13.7. The molecule has 0 saturated heterocycles. The number of benzene rings is 1. The molecule has 4 N–H and O–H groups in total. The fraction of sp³-hybridized carbons (Fsp3) is 0.533. The van der Waals surface area contributed by atoms with Gasteiger partial charge in [0, 0.05) is 17.4 Å². The van der Waals surface area contributed by atoms with Gasteiger partial charge in [-0.1, -0.05) is 26.3 Å². The maximum Gasteiger partial charge on any atom is 0.316 e. The first-order valence-corrected chi connectivity index (χ1v) is 6.99. The molecule has 19 heavy (non-hydrogen) atoms. The molecule has 1 aromatic rings. The molecule has 0 spiro atoms. The number of rotatable bonds is 3. The van der Waals surface area contributed by atoms with Gasteiger partial charge in [-0.05, 0) is 42.9 Å². The summed E-state index contributed by atoms with van der Waals surface area (Å²) < 4.78 is 0. The minimum Gasteiger partial charge on any atom is -0.382 e. The lowest BCUT2D eigenvalue weighted by atomic mass is 9.78. The number of nitrogens with two attached hydrogens (primary N) is 1. The number of hydrogen-bond acceptors (Lipinski definition) is 2. The predicted octanol–water partition coefficient (Wildman–Crippen LogP) is 3.41. The van der Waals surface area contributed by atoms with Crippen LogP contribution < -0.4 is 16.4 Å². The number of carbonyl (C=O) groups is 1. The monoisotopic (exact) mass is 261 g/mol. The summed E-state index contributed by atoms with van der Waals surface area (Å²) >= 11 is 0. The highest BCUT2D eigenvalue weighted by Gasteiger charge is 2.27.